The highest BCUT2D eigenvalue weighted by molar-refractivity contribution is 6.41. The Balaban J connectivity index is 2.50. The van der Waals surface area contributed by atoms with Crippen LogP contribution < -0.4 is 10.6 Å². The van der Waals surface area contributed by atoms with Gasteiger partial charge in [-0.25, -0.2) is 14.4 Å². The fourth-order valence-electron chi connectivity index (χ4n) is 3.76. The van der Waals surface area contributed by atoms with Crippen LogP contribution in [0, 0.1) is 11.3 Å². The van der Waals surface area contributed by atoms with Gasteiger partial charge in [0.15, 0.2) is 0 Å². The smallest absolute Gasteiger partial charge is 0.355 e. The van der Waals surface area contributed by atoms with E-state index in [9.17, 15) is 19.6 Å². The molecule has 11 heteroatoms. The van der Waals surface area contributed by atoms with E-state index in [1.54, 1.807) is 30.3 Å². The lowest BCUT2D eigenvalue weighted by Crippen LogP contribution is -2.41. The van der Waals surface area contributed by atoms with Gasteiger partial charge in [-0.05, 0) is 17.7 Å². The molecule has 35 heavy (non-hydrogen) atoms. The number of nitriles is 1. The molecule has 0 spiro atoms. The summed E-state index contributed by atoms with van der Waals surface area (Å²) in [5.41, 5.74) is 6.02. The van der Waals surface area contributed by atoms with Crippen LogP contribution in [-0.2, 0) is 23.8 Å². The van der Waals surface area contributed by atoms with Gasteiger partial charge < -0.3 is 19.9 Å². The summed E-state index contributed by atoms with van der Waals surface area (Å²) in [7, 11) is 3.39. The maximum absolute atomic E-state index is 13.1. The van der Waals surface area contributed by atoms with E-state index in [0.717, 1.165) is 26.2 Å². The number of ether oxygens (including phenoxy) is 3. The molecule has 1 atom stereocenters. The van der Waals surface area contributed by atoms with Crippen molar-refractivity contribution in [2.75, 3.05) is 26.2 Å². The highest BCUT2D eigenvalue weighted by Gasteiger charge is 2.44. The SMILES string of the molecule is COC(=O)C1=C(C(=O)OC)N(c2c(Cl)ccc(C(=O)OC)c2Cl)C(N)=C(C#N)C1c1ccccc1. The van der Waals surface area contributed by atoms with Crippen LogP contribution in [0.2, 0.25) is 10.0 Å². The molecule has 2 N–H and O–H groups in total. The molecule has 0 aromatic heterocycles. The van der Waals surface area contributed by atoms with Crippen molar-refractivity contribution in [2.24, 2.45) is 5.73 Å². The first-order valence-corrected chi connectivity index (χ1v) is 10.7. The Kier molecular flexibility index (Phi) is 7.69. The lowest BCUT2D eigenvalue weighted by Gasteiger charge is -2.36. The maximum Gasteiger partial charge on any atom is 0.355 e. The Morgan fingerprint density at radius 2 is 1.54 bits per heavy atom. The first-order valence-electron chi connectivity index (χ1n) is 9.95. The van der Waals surface area contributed by atoms with E-state index in [1.807, 2.05) is 6.07 Å². The van der Waals surface area contributed by atoms with Crippen molar-refractivity contribution in [2.45, 2.75) is 5.92 Å². The van der Waals surface area contributed by atoms with Crippen LogP contribution >= 0.6 is 23.2 Å². The highest BCUT2D eigenvalue weighted by atomic mass is 35.5. The van der Waals surface area contributed by atoms with Crippen molar-refractivity contribution >= 4 is 46.8 Å². The highest BCUT2D eigenvalue weighted by Crippen LogP contribution is 2.47. The molecule has 0 amide bonds. The summed E-state index contributed by atoms with van der Waals surface area (Å²) in [5, 5.41) is 9.82. The molecule has 2 aromatic carbocycles. The molecule has 9 nitrogen and oxygen atoms in total. The monoisotopic (exact) mass is 515 g/mol. The summed E-state index contributed by atoms with van der Waals surface area (Å²) in [6.45, 7) is 0. The molecule has 1 heterocycles. The van der Waals surface area contributed by atoms with Crippen molar-refractivity contribution in [1.29, 1.82) is 5.26 Å². The van der Waals surface area contributed by atoms with Gasteiger partial charge >= 0.3 is 17.9 Å². The quantitative estimate of drug-likeness (QED) is 0.467. The lowest BCUT2D eigenvalue weighted by atomic mass is 9.81. The Hall–Kier alpha value is -4.00. The molecule has 0 saturated heterocycles. The third-order valence-electron chi connectivity index (χ3n) is 5.31. The second kappa shape index (κ2) is 10.5. The molecule has 0 bridgehead atoms. The molecular weight excluding hydrogens is 497 g/mol. The van der Waals surface area contributed by atoms with Gasteiger partial charge in [-0.1, -0.05) is 53.5 Å². The normalized spacial score (nSPS) is 15.4. The van der Waals surface area contributed by atoms with Crippen LogP contribution in [0.4, 0.5) is 5.69 Å². The molecule has 1 aliphatic rings. The number of halogens is 2. The largest absolute Gasteiger partial charge is 0.466 e. The lowest BCUT2D eigenvalue weighted by molar-refractivity contribution is -0.139. The molecule has 1 unspecified atom stereocenters. The van der Waals surface area contributed by atoms with Crippen LogP contribution in [0.1, 0.15) is 21.8 Å². The average molecular weight is 516 g/mol. The number of esters is 3. The van der Waals surface area contributed by atoms with E-state index in [4.69, 9.17) is 43.1 Å². The van der Waals surface area contributed by atoms with E-state index in [0.29, 0.717) is 5.56 Å². The number of allylic oxidation sites excluding steroid dienone is 1. The molecule has 0 saturated carbocycles. The topological polar surface area (TPSA) is 132 Å². The van der Waals surface area contributed by atoms with Crippen molar-refractivity contribution in [3.63, 3.8) is 0 Å². The molecular formula is C24H19Cl2N3O6. The van der Waals surface area contributed by atoms with E-state index in [2.05, 4.69) is 0 Å². The number of anilines is 1. The van der Waals surface area contributed by atoms with E-state index in [1.165, 1.54) is 12.1 Å². The maximum atomic E-state index is 13.1. The number of rotatable bonds is 5. The first-order chi connectivity index (χ1) is 16.7. The number of hydrogen-bond acceptors (Lipinski definition) is 9. The number of benzene rings is 2. The third-order valence-corrected chi connectivity index (χ3v) is 5.99. The van der Waals surface area contributed by atoms with Crippen LogP contribution in [0.25, 0.3) is 0 Å². The molecule has 3 rings (SSSR count). The summed E-state index contributed by atoms with van der Waals surface area (Å²) in [5.74, 6) is -4.00. The van der Waals surface area contributed by atoms with Crippen LogP contribution in [-0.4, -0.2) is 39.2 Å². The van der Waals surface area contributed by atoms with E-state index >= 15 is 0 Å². The standard InChI is InChI=1S/C24H19Cl2N3O6/c1-33-22(30)13-9-10-15(25)19(18(13)26)29-20(24(32)35-3)17(23(31)34-2)16(14(11-27)21(29)28)12-7-5-4-6-8-12/h4-10,16H,28H2,1-3H3. The number of nitrogens with zero attached hydrogens (tertiary/aromatic N) is 2. The summed E-state index contributed by atoms with van der Waals surface area (Å²) in [4.78, 5) is 39.5. The molecule has 1 aliphatic heterocycles. The third kappa shape index (κ3) is 4.41. The van der Waals surface area contributed by atoms with Crippen LogP contribution in [0.15, 0.2) is 65.1 Å². The van der Waals surface area contributed by atoms with Gasteiger partial charge in [0.05, 0.1) is 65.8 Å². The minimum absolute atomic E-state index is 0.0355. The number of carbonyl (C=O) groups excluding carboxylic acids is 3. The first kappa shape index (κ1) is 25.6. The molecule has 0 aliphatic carbocycles. The van der Waals surface area contributed by atoms with Crippen LogP contribution in [0.5, 0.6) is 0 Å². The minimum Gasteiger partial charge on any atom is -0.466 e. The number of hydrogen-bond donors (Lipinski definition) is 1. The fraction of sp³-hybridized carbons (Fsp3) is 0.167. The second-order valence-corrected chi connectivity index (χ2v) is 7.87. The predicted molar refractivity (Wildman–Crippen MR) is 127 cm³/mol. The second-order valence-electron chi connectivity index (χ2n) is 7.08. The zero-order valence-electron chi connectivity index (χ0n) is 18.8. The molecule has 2 aromatic rings. The van der Waals surface area contributed by atoms with Gasteiger partial charge in [0.25, 0.3) is 0 Å². The zero-order valence-corrected chi connectivity index (χ0v) is 20.3. The van der Waals surface area contributed by atoms with Crippen molar-refractivity contribution < 1.29 is 28.6 Å². The van der Waals surface area contributed by atoms with Crippen molar-refractivity contribution in [3.05, 3.63) is 86.3 Å². The summed E-state index contributed by atoms with van der Waals surface area (Å²) < 4.78 is 14.7. The summed E-state index contributed by atoms with van der Waals surface area (Å²) in [6.07, 6.45) is 0. The Bertz CT molecular complexity index is 1310. The molecule has 180 valence electrons. The van der Waals surface area contributed by atoms with Gasteiger partial charge in [0.1, 0.15) is 11.5 Å². The van der Waals surface area contributed by atoms with E-state index < -0.39 is 23.8 Å². The van der Waals surface area contributed by atoms with Gasteiger partial charge in [-0.3, -0.25) is 4.90 Å². The van der Waals surface area contributed by atoms with Gasteiger partial charge in [-0.15, -0.1) is 0 Å². The minimum atomic E-state index is -1.07. The fourth-order valence-corrected chi connectivity index (χ4v) is 4.38. The summed E-state index contributed by atoms with van der Waals surface area (Å²) >= 11 is 13.0. The van der Waals surface area contributed by atoms with Gasteiger partial charge in [0, 0.05) is 0 Å². The number of carbonyl (C=O) groups is 3. The predicted octanol–water partition coefficient (Wildman–Crippen LogP) is 3.68. The zero-order chi connectivity index (χ0) is 25.9. The van der Waals surface area contributed by atoms with Gasteiger partial charge in [0.2, 0.25) is 0 Å². The number of nitrogens with two attached hydrogens (primary N) is 1. The Morgan fingerprint density at radius 1 is 0.943 bits per heavy atom. The van der Waals surface area contributed by atoms with Crippen molar-refractivity contribution in [1.82, 2.24) is 0 Å². The van der Waals surface area contributed by atoms with Crippen LogP contribution in [0.3, 0.4) is 0 Å². The Labute approximate surface area is 210 Å². The van der Waals surface area contributed by atoms with E-state index in [-0.39, 0.29) is 44.0 Å². The van der Waals surface area contributed by atoms with Crippen molar-refractivity contribution in [3.8, 4) is 6.07 Å². The molecule has 0 radical (unpaired) electrons. The van der Waals surface area contributed by atoms with Gasteiger partial charge in [-0.2, -0.15) is 5.26 Å². The summed E-state index contributed by atoms with van der Waals surface area (Å²) in [6, 6.07) is 13.2. The number of methoxy groups -OCH3 is 3. The average Bonchev–Trinajstić information content (AvgIpc) is 2.88. The Morgan fingerprint density at radius 3 is 2.09 bits per heavy atom. The molecule has 0 fully saturated rings.